The lowest BCUT2D eigenvalue weighted by Crippen LogP contribution is -2.09. The van der Waals surface area contributed by atoms with Crippen molar-refractivity contribution in [3.05, 3.63) is 35.4 Å². The predicted octanol–water partition coefficient (Wildman–Crippen LogP) is 1.60. The number of halogens is 1. The van der Waals surface area contributed by atoms with Crippen molar-refractivity contribution in [2.24, 2.45) is 0 Å². The number of aliphatic hydroxyl groups is 1. The fourth-order valence-corrected chi connectivity index (χ4v) is 2.09. The van der Waals surface area contributed by atoms with Gasteiger partial charge in [-0.05, 0) is 12.5 Å². The minimum Gasteiger partial charge on any atom is -0.387 e. The second kappa shape index (κ2) is 4.29. The summed E-state index contributed by atoms with van der Waals surface area (Å²) in [4.78, 5) is 0. The number of aliphatic hydroxyl groups excluding tert-OH is 1. The molecule has 1 aromatic rings. The molecule has 1 aromatic carbocycles. The van der Waals surface area contributed by atoms with Gasteiger partial charge in [0.1, 0.15) is 0 Å². The van der Waals surface area contributed by atoms with Crippen LogP contribution in [0.4, 0.5) is 0 Å². The lowest BCUT2D eigenvalue weighted by atomic mass is 10.1. The number of benzene rings is 1. The predicted molar refractivity (Wildman–Crippen MR) is 55.8 cm³/mol. The van der Waals surface area contributed by atoms with Crippen LogP contribution in [0.15, 0.2) is 24.3 Å². The Bertz CT molecular complexity index is 414. The van der Waals surface area contributed by atoms with E-state index in [1.165, 1.54) is 0 Å². The first kappa shape index (κ1) is 11.5. The molecule has 0 spiro atoms. The molecule has 0 aromatic heterocycles. The van der Waals surface area contributed by atoms with Crippen LogP contribution in [0.25, 0.3) is 0 Å². The highest BCUT2D eigenvalue weighted by Gasteiger charge is 2.15. The van der Waals surface area contributed by atoms with Crippen LogP contribution in [0.5, 0.6) is 0 Å². The van der Waals surface area contributed by atoms with Crippen molar-refractivity contribution in [1.82, 2.24) is 0 Å². The molecule has 1 unspecified atom stereocenters. The highest BCUT2D eigenvalue weighted by Crippen LogP contribution is 2.17. The van der Waals surface area contributed by atoms with Gasteiger partial charge in [-0.3, -0.25) is 0 Å². The molecule has 78 valence electrons. The van der Waals surface area contributed by atoms with Crippen molar-refractivity contribution in [2.75, 3.05) is 5.75 Å². The number of rotatable bonds is 3. The number of hydrogen-bond donors (Lipinski definition) is 1. The molecular formula is C9H11ClO3S. The first-order valence-electron chi connectivity index (χ1n) is 4.05. The third-order valence-electron chi connectivity index (χ3n) is 1.78. The molecule has 0 saturated carbocycles. The summed E-state index contributed by atoms with van der Waals surface area (Å²) >= 11 is 0. The van der Waals surface area contributed by atoms with Gasteiger partial charge in [0, 0.05) is 10.7 Å². The molecule has 1 atom stereocenters. The number of aryl methyl sites for hydroxylation is 1. The van der Waals surface area contributed by atoms with E-state index in [-0.39, 0.29) is 0 Å². The van der Waals surface area contributed by atoms with Gasteiger partial charge in [-0.1, -0.05) is 29.8 Å². The highest BCUT2D eigenvalue weighted by molar-refractivity contribution is 8.13. The Morgan fingerprint density at radius 2 is 2.14 bits per heavy atom. The second-order valence-electron chi connectivity index (χ2n) is 3.14. The second-order valence-corrected chi connectivity index (χ2v) is 5.96. The van der Waals surface area contributed by atoms with E-state index in [0.717, 1.165) is 5.56 Å². The zero-order chi connectivity index (χ0) is 10.8. The van der Waals surface area contributed by atoms with Crippen LogP contribution >= 0.6 is 10.7 Å². The van der Waals surface area contributed by atoms with E-state index in [2.05, 4.69) is 0 Å². The normalized spacial score (nSPS) is 13.9. The fourth-order valence-electron chi connectivity index (χ4n) is 1.16. The average molecular weight is 235 g/mol. The van der Waals surface area contributed by atoms with Gasteiger partial charge >= 0.3 is 0 Å². The smallest absolute Gasteiger partial charge is 0.235 e. The standard InChI is InChI=1S/C9H11ClO3S/c1-7-3-2-4-8(5-7)9(11)6-14(10,12)13/h2-5,9,11H,6H2,1H3. The maximum absolute atomic E-state index is 10.7. The van der Waals surface area contributed by atoms with Crippen LogP contribution in [-0.4, -0.2) is 19.3 Å². The van der Waals surface area contributed by atoms with Crippen molar-refractivity contribution in [1.29, 1.82) is 0 Å². The first-order chi connectivity index (χ1) is 6.38. The third-order valence-corrected chi connectivity index (χ3v) is 2.88. The SMILES string of the molecule is Cc1cccc(C(O)CS(=O)(=O)Cl)c1. The summed E-state index contributed by atoms with van der Waals surface area (Å²) in [6.45, 7) is 1.87. The summed E-state index contributed by atoms with van der Waals surface area (Å²) < 4.78 is 21.4. The molecule has 0 fully saturated rings. The Hall–Kier alpha value is -0.580. The van der Waals surface area contributed by atoms with Crippen molar-refractivity contribution >= 4 is 19.7 Å². The maximum atomic E-state index is 10.7. The Morgan fingerprint density at radius 3 is 2.64 bits per heavy atom. The lowest BCUT2D eigenvalue weighted by molar-refractivity contribution is 0.202. The quantitative estimate of drug-likeness (QED) is 0.809. The third kappa shape index (κ3) is 3.65. The molecule has 1 rings (SSSR count). The Labute approximate surface area is 87.8 Å². The molecule has 0 bridgehead atoms. The summed E-state index contributed by atoms with van der Waals surface area (Å²) in [6.07, 6.45) is -1.06. The van der Waals surface area contributed by atoms with Gasteiger partial charge in [0.25, 0.3) is 0 Å². The zero-order valence-corrected chi connectivity index (χ0v) is 9.22. The summed E-state index contributed by atoms with van der Waals surface area (Å²) in [5.74, 6) is -0.460. The summed E-state index contributed by atoms with van der Waals surface area (Å²) in [6, 6.07) is 7.02. The summed E-state index contributed by atoms with van der Waals surface area (Å²) in [5.41, 5.74) is 1.53. The zero-order valence-electron chi connectivity index (χ0n) is 7.64. The average Bonchev–Trinajstić information content (AvgIpc) is 2.01. The molecule has 0 heterocycles. The largest absolute Gasteiger partial charge is 0.387 e. The fraction of sp³-hybridized carbons (Fsp3) is 0.333. The van der Waals surface area contributed by atoms with Gasteiger partial charge < -0.3 is 5.11 Å². The molecule has 0 aliphatic rings. The van der Waals surface area contributed by atoms with Crippen molar-refractivity contribution in [3.63, 3.8) is 0 Å². The van der Waals surface area contributed by atoms with Crippen LogP contribution < -0.4 is 0 Å². The summed E-state index contributed by atoms with van der Waals surface area (Å²) in [7, 11) is 1.37. The van der Waals surface area contributed by atoms with Gasteiger partial charge in [-0.2, -0.15) is 0 Å². The van der Waals surface area contributed by atoms with Crippen molar-refractivity contribution in [3.8, 4) is 0 Å². The molecule has 14 heavy (non-hydrogen) atoms. The van der Waals surface area contributed by atoms with E-state index in [1.807, 2.05) is 13.0 Å². The minimum atomic E-state index is -3.66. The van der Waals surface area contributed by atoms with E-state index in [0.29, 0.717) is 5.56 Å². The Kier molecular flexibility index (Phi) is 3.53. The molecule has 3 nitrogen and oxygen atoms in total. The van der Waals surface area contributed by atoms with E-state index >= 15 is 0 Å². The van der Waals surface area contributed by atoms with Crippen LogP contribution in [0.1, 0.15) is 17.2 Å². The van der Waals surface area contributed by atoms with Gasteiger partial charge in [0.2, 0.25) is 9.05 Å². The van der Waals surface area contributed by atoms with E-state index < -0.39 is 20.9 Å². The Balaban J connectivity index is 2.85. The first-order valence-corrected chi connectivity index (χ1v) is 6.53. The van der Waals surface area contributed by atoms with Gasteiger partial charge in [-0.25, -0.2) is 8.42 Å². The molecule has 1 N–H and O–H groups in total. The molecule has 0 radical (unpaired) electrons. The molecule has 0 aliphatic heterocycles. The molecule has 0 amide bonds. The topological polar surface area (TPSA) is 54.4 Å². The van der Waals surface area contributed by atoms with E-state index in [1.54, 1.807) is 18.2 Å². The van der Waals surface area contributed by atoms with Crippen LogP contribution in [0.2, 0.25) is 0 Å². The van der Waals surface area contributed by atoms with E-state index in [9.17, 15) is 13.5 Å². The van der Waals surface area contributed by atoms with Crippen LogP contribution in [0.3, 0.4) is 0 Å². The minimum absolute atomic E-state index is 0.460. The summed E-state index contributed by atoms with van der Waals surface area (Å²) in [5, 5.41) is 9.52. The van der Waals surface area contributed by atoms with Crippen molar-refractivity contribution in [2.45, 2.75) is 13.0 Å². The van der Waals surface area contributed by atoms with Crippen LogP contribution in [-0.2, 0) is 9.05 Å². The van der Waals surface area contributed by atoms with Gasteiger partial charge in [0.15, 0.2) is 0 Å². The van der Waals surface area contributed by atoms with E-state index in [4.69, 9.17) is 10.7 Å². The van der Waals surface area contributed by atoms with Crippen LogP contribution in [0, 0.1) is 6.92 Å². The van der Waals surface area contributed by atoms with Gasteiger partial charge in [0.05, 0.1) is 11.9 Å². The lowest BCUT2D eigenvalue weighted by Gasteiger charge is -2.08. The monoisotopic (exact) mass is 234 g/mol. The molecule has 5 heteroatoms. The Morgan fingerprint density at radius 1 is 1.50 bits per heavy atom. The molecule has 0 aliphatic carbocycles. The molecular weight excluding hydrogens is 224 g/mol. The van der Waals surface area contributed by atoms with Crippen molar-refractivity contribution < 1.29 is 13.5 Å². The maximum Gasteiger partial charge on any atom is 0.235 e. The van der Waals surface area contributed by atoms with Gasteiger partial charge in [-0.15, -0.1) is 0 Å². The highest BCUT2D eigenvalue weighted by atomic mass is 35.7. The molecule has 0 saturated heterocycles. The number of hydrogen-bond acceptors (Lipinski definition) is 3.